The quantitative estimate of drug-likeness (QED) is 0.785. The number of sulfonamides is 1. The number of hydrogen-bond donors (Lipinski definition) is 1. The lowest BCUT2D eigenvalue weighted by atomic mass is 10.3. The molecule has 0 unspecified atom stereocenters. The Balaban J connectivity index is 1.80. The second-order valence-corrected chi connectivity index (χ2v) is 7.74. The number of nitrogens with zero attached hydrogens (tertiary/aromatic N) is 3. The average molecular weight is 396 g/mol. The van der Waals surface area contributed by atoms with E-state index in [4.69, 9.17) is 9.47 Å². The minimum absolute atomic E-state index is 0.0584. The fourth-order valence-corrected chi connectivity index (χ4v) is 3.90. The first kappa shape index (κ1) is 19.5. The van der Waals surface area contributed by atoms with Gasteiger partial charge in [0.15, 0.2) is 0 Å². The van der Waals surface area contributed by atoms with Gasteiger partial charge in [-0.3, -0.25) is 0 Å². The molecule has 1 N–H and O–H groups in total. The van der Waals surface area contributed by atoms with Gasteiger partial charge in [0.05, 0.1) is 26.9 Å². The van der Waals surface area contributed by atoms with Gasteiger partial charge in [-0.15, -0.1) is 0 Å². The van der Waals surface area contributed by atoms with Crippen molar-refractivity contribution in [3.63, 3.8) is 0 Å². The van der Waals surface area contributed by atoms with E-state index in [2.05, 4.69) is 19.6 Å². The summed E-state index contributed by atoms with van der Waals surface area (Å²) in [7, 11) is -2.68. The van der Waals surface area contributed by atoms with Gasteiger partial charge in [-0.2, -0.15) is 0 Å². The molecule has 27 heavy (non-hydrogen) atoms. The van der Waals surface area contributed by atoms with E-state index in [0.717, 1.165) is 23.6 Å². The van der Waals surface area contributed by atoms with Crippen molar-refractivity contribution in [1.29, 1.82) is 0 Å². The largest absolute Gasteiger partial charge is 0.495 e. The van der Waals surface area contributed by atoms with Gasteiger partial charge in [0.25, 0.3) is 0 Å². The van der Waals surface area contributed by atoms with Crippen molar-refractivity contribution in [3.8, 4) is 5.75 Å². The van der Waals surface area contributed by atoms with Crippen LogP contribution < -0.4 is 14.4 Å². The molecule has 10 heteroatoms. The molecule has 0 amide bonds. The molecule has 1 saturated heterocycles. The fourth-order valence-electron chi connectivity index (χ4n) is 2.74. The average Bonchev–Trinajstić information content (AvgIpc) is 2.67. The Bertz CT molecular complexity index is 917. The highest BCUT2D eigenvalue weighted by molar-refractivity contribution is 7.89. The van der Waals surface area contributed by atoms with E-state index in [-0.39, 0.29) is 17.2 Å². The number of ether oxygens (including phenoxy) is 2. The van der Waals surface area contributed by atoms with Crippen molar-refractivity contribution < 1.29 is 22.3 Å². The summed E-state index contributed by atoms with van der Waals surface area (Å²) in [6, 6.07) is 5.16. The number of hydrogen-bond acceptors (Lipinski definition) is 7. The molecule has 1 aromatic heterocycles. The van der Waals surface area contributed by atoms with Crippen LogP contribution in [0.2, 0.25) is 0 Å². The molecule has 2 aromatic rings. The van der Waals surface area contributed by atoms with Crippen LogP contribution in [0.25, 0.3) is 0 Å². The number of methoxy groups -OCH3 is 1. The van der Waals surface area contributed by atoms with Crippen molar-refractivity contribution in [2.24, 2.45) is 0 Å². The third kappa shape index (κ3) is 4.71. The minimum Gasteiger partial charge on any atom is -0.495 e. The highest BCUT2D eigenvalue weighted by atomic mass is 32.2. The smallest absolute Gasteiger partial charge is 0.244 e. The summed E-state index contributed by atoms with van der Waals surface area (Å²) in [5.74, 6) is 0.444. The summed E-state index contributed by atoms with van der Waals surface area (Å²) in [6.45, 7) is 4.35. The van der Waals surface area contributed by atoms with Gasteiger partial charge in [0.1, 0.15) is 28.1 Å². The second-order valence-electron chi connectivity index (χ2n) is 6.00. The van der Waals surface area contributed by atoms with Crippen LogP contribution in [0.4, 0.5) is 10.2 Å². The van der Waals surface area contributed by atoms with E-state index in [1.165, 1.54) is 13.2 Å². The fraction of sp³-hybridized carbons (Fsp3) is 0.412. The molecule has 146 valence electrons. The maximum absolute atomic E-state index is 13.5. The van der Waals surface area contributed by atoms with Crippen LogP contribution in [0.3, 0.4) is 0 Å². The topological polar surface area (TPSA) is 93.7 Å². The standard InChI is InChI=1S/C17H21FN4O4S/c1-12-9-17(22-5-7-26-8-6-22)21-16(20-12)11-19-27(23,24)15-10-13(18)3-4-14(15)25-2/h3-4,9-10,19H,5-8,11H2,1-2H3. The van der Waals surface area contributed by atoms with Crippen LogP contribution in [-0.4, -0.2) is 51.8 Å². The lowest BCUT2D eigenvalue weighted by Gasteiger charge is -2.28. The number of halogens is 1. The Morgan fingerprint density at radius 2 is 2.00 bits per heavy atom. The Labute approximate surface area is 157 Å². The van der Waals surface area contributed by atoms with E-state index in [1.54, 1.807) is 0 Å². The number of anilines is 1. The highest BCUT2D eigenvalue weighted by Gasteiger charge is 2.21. The Hall–Kier alpha value is -2.30. The first-order valence-electron chi connectivity index (χ1n) is 8.39. The van der Waals surface area contributed by atoms with Gasteiger partial charge in [-0.05, 0) is 25.1 Å². The SMILES string of the molecule is COc1ccc(F)cc1S(=O)(=O)NCc1nc(C)cc(N2CCOCC2)n1. The van der Waals surface area contributed by atoms with Crippen molar-refractivity contribution in [2.75, 3.05) is 38.3 Å². The Morgan fingerprint density at radius 1 is 1.26 bits per heavy atom. The third-order valence-corrected chi connectivity index (χ3v) is 5.48. The maximum Gasteiger partial charge on any atom is 0.244 e. The summed E-state index contributed by atoms with van der Waals surface area (Å²) in [4.78, 5) is 10.5. The molecular weight excluding hydrogens is 375 g/mol. The zero-order chi connectivity index (χ0) is 19.4. The van der Waals surface area contributed by atoms with Crippen molar-refractivity contribution in [3.05, 3.63) is 41.6 Å². The number of aryl methyl sites for hydroxylation is 1. The molecule has 0 radical (unpaired) electrons. The third-order valence-electron chi connectivity index (χ3n) is 4.06. The van der Waals surface area contributed by atoms with E-state index in [0.29, 0.717) is 32.1 Å². The van der Waals surface area contributed by atoms with Gasteiger partial charge in [0, 0.05) is 24.8 Å². The van der Waals surface area contributed by atoms with Gasteiger partial charge < -0.3 is 14.4 Å². The van der Waals surface area contributed by atoms with Crippen molar-refractivity contribution in [1.82, 2.24) is 14.7 Å². The lowest BCUT2D eigenvalue weighted by Crippen LogP contribution is -2.37. The van der Waals surface area contributed by atoms with Crippen molar-refractivity contribution in [2.45, 2.75) is 18.4 Å². The number of aromatic nitrogens is 2. The van der Waals surface area contributed by atoms with Gasteiger partial charge in [0.2, 0.25) is 10.0 Å². The van der Waals surface area contributed by atoms with Crippen LogP contribution in [-0.2, 0) is 21.3 Å². The number of rotatable bonds is 6. The van der Waals surface area contributed by atoms with Crippen LogP contribution in [0.15, 0.2) is 29.2 Å². The molecule has 1 fully saturated rings. The first-order chi connectivity index (χ1) is 12.9. The molecule has 1 aliphatic rings. The molecule has 2 heterocycles. The molecule has 0 saturated carbocycles. The monoisotopic (exact) mass is 396 g/mol. The van der Waals surface area contributed by atoms with Gasteiger partial charge in [-0.25, -0.2) is 27.5 Å². The second kappa shape index (κ2) is 8.15. The van der Waals surface area contributed by atoms with E-state index >= 15 is 0 Å². The highest BCUT2D eigenvalue weighted by Crippen LogP contribution is 2.24. The zero-order valence-electron chi connectivity index (χ0n) is 15.1. The molecule has 0 aliphatic carbocycles. The molecule has 1 aliphatic heterocycles. The molecule has 0 spiro atoms. The first-order valence-corrected chi connectivity index (χ1v) is 9.88. The van der Waals surface area contributed by atoms with Gasteiger partial charge in [-0.1, -0.05) is 0 Å². The summed E-state index contributed by atoms with van der Waals surface area (Å²) in [6.07, 6.45) is 0. The Kier molecular flexibility index (Phi) is 5.88. The summed E-state index contributed by atoms with van der Waals surface area (Å²) < 4.78 is 51.4. The van der Waals surface area contributed by atoms with Gasteiger partial charge >= 0.3 is 0 Å². The van der Waals surface area contributed by atoms with Crippen LogP contribution in [0, 0.1) is 12.7 Å². The molecule has 0 bridgehead atoms. The summed E-state index contributed by atoms with van der Waals surface area (Å²) >= 11 is 0. The number of nitrogens with one attached hydrogen (secondary N) is 1. The Morgan fingerprint density at radius 3 is 2.70 bits per heavy atom. The normalized spacial score (nSPS) is 15.0. The van der Waals surface area contributed by atoms with E-state index < -0.39 is 15.8 Å². The van der Waals surface area contributed by atoms with Crippen LogP contribution in [0.5, 0.6) is 5.75 Å². The lowest BCUT2D eigenvalue weighted by molar-refractivity contribution is 0.122. The molecule has 3 rings (SSSR count). The van der Waals surface area contributed by atoms with Crippen LogP contribution >= 0.6 is 0 Å². The van der Waals surface area contributed by atoms with E-state index in [9.17, 15) is 12.8 Å². The predicted molar refractivity (Wildman–Crippen MR) is 96.8 cm³/mol. The van der Waals surface area contributed by atoms with E-state index in [1.807, 2.05) is 13.0 Å². The van der Waals surface area contributed by atoms with Crippen molar-refractivity contribution >= 4 is 15.8 Å². The van der Waals surface area contributed by atoms with Crippen LogP contribution in [0.1, 0.15) is 11.5 Å². The number of morpholine rings is 1. The molecule has 8 nitrogen and oxygen atoms in total. The predicted octanol–water partition coefficient (Wildman–Crippen LogP) is 1.25. The molecular formula is C17H21FN4O4S. The maximum atomic E-state index is 13.5. The minimum atomic E-state index is -4.00. The number of benzene rings is 1. The molecule has 1 aromatic carbocycles. The summed E-state index contributed by atoms with van der Waals surface area (Å²) in [5.41, 5.74) is 0.726. The summed E-state index contributed by atoms with van der Waals surface area (Å²) in [5, 5.41) is 0. The zero-order valence-corrected chi connectivity index (χ0v) is 15.9. The molecule has 0 atom stereocenters.